The molecule has 0 spiro atoms. The standard InChI is InChI=1S/C15H12N2OS/c1-3-7-12(8-4-1)15-16-14(18-17-15)11-19-13-9-5-2-6-10-13/h1-10H,11H2. The monoisotopic (exact) mass is 268 g/mol. The summed E-state index contributed by atoms with van der Waals surface area (Å²) in [6.45, 7) is 0. The van der Waals surface area contributed by atoms with Gasteiger partial charge in [-0.25, -0.2) is 0 Å². The summed E-state index contributed by atoms with van der Waals surface area (Å²) in [6, 6.07) is 20.0. The van der Waals surface area contributed by atoms with Gasteiger partial charge in [0, 0.05) is 10.5 Å². The SMILES string of the molecule is c1ccc(SCc2nc(-c3ccccc3)no2)cc1. The Morgan fingerprint density at radius 3 is 2.32 bits per heavy atom. The van der Waals surface area contributed by atoms with Crippen molar-refractivity contribution in [3.05, 3.63) is 66.6 Å². The smallest absolute Gasteiger partial charge is 0.237 e. The van der Waals surface area contributed by atoms with Crippen LogP contribution in [0.25, 0.3) is 11.4 Å². The second-order valence-electron chi connectivity index (χ2n) is 3.98. The number of aromatic nitrogens is 2. The summed E-state index contributed by atoms with van der Waals surface area (Å²) in [7, 11) is 0. The molecule has 0 saturated carbocycles. The summed E-state index contributed by atoms with van der Waals surface area (Å²) in [6.07, 6.45) is 0. The average molecular weight is 268 g/mol. The molecular weight excluding hydrogens is 256 g/mol. The quantitative estimate of drug-likeness (QED) is 0.670. The van der Waals surface area contributed by atoms with Gasteiger partial charge in [-0.3, -0.25) is 0 Å². The van der Waals surface area contributed by atoms with Crippen LogP contribution < -0.4 is 0 Å². The van der Waals surface area contributed by atoms with E-state index in [-0.39, 0.29) is 0 Å². The number of thioether (sulfide) groups is 1. The highest BCUT2D eigenvalue weighted by Crippen LogP contribution is 2.23. The molecule has 1 aromatic heterocycles. The fourth-order valence-corrected chi connectivity index (χ4v) is 2.44. The summed E-state index contributed by atoms with van der Waals surface area (Å²) < 4.78 is 5.26. The van der Waals surface area contributed by atoms with Gasteiger partial charge in [0.05, 0.1) is 5.75 Å². The molecule has 0 aliphatic rings. The molecule has 0 bridgehead atoms. The number of nitrogens with zero attached hydrogens (tertiary/aromatic N) is 2. The van der Waals surface area contributed by atoms with E-state index in [9.17, 15) is 0 Å². The minimum absolute atomic E-state index is 0.643. The predicted octanol–water partition coefficient (Wildman–Crippen LogP) is 4.03. The highest BCUT2D eigenvalue weighted by Gasteiger charge is 2.08. The van der Waals surface area contributed by atoms with Crippen molar-refractivity contribution >= 4 is 11.8 Å². The molecule has 0 aliphatic heterocycles. The largest absolute Gasteiger partial charge is 0.338 e. The third kappa shape index (κ3) is 3.03. The first kappa shape index (κ1) is 12.0. The van der Waals surface area contributed by atoms with Gasteiger partial charge in [0.25, 0.3) is 0 Å². The van der Waals surface area contributed by atoms with E-state index in [1.807, 2.05) is 48.5 Å². The molecule has 0 N–H and O–H groups in total. The maximum absolute atomic E-state index is 5.26. The Kier molecular flexibility index (Phi) is 3.61. The Labute approximate surface area is 115 Å². The van der Waals surface area contributed by atoms with Crippen LogP contribution in [-0.2, 0) is 5.75 Å². The predicted molar refractivity (Wildman–Crippen MR) is 75.7 cm³/mol. The van der Waals surface area contributed by atoms with Crippen molar-refractivity contribution in [1.82, 2.24) is 10.1 Å². The molecule has 0 radical (unpaired) electrons. The van der Waals surface area contributed by atoms with Gasteiger partial charge in [0.1, 0.15) is 0 Å². The molecule has 19 heavy (non-hydrogen) atoms. The van der Waals surface area contributed by atoms with E-state index in [2.05, 4.69) is 22.3 Å². The molecular formula is C15H12N2OS. The molecule has 3 nitrogen and oxygen atoms in total. The molecule has 2 aromatic carbocycles. The van der Waals surface area contributed by atoms with Crippen LogP contribution in [0.3, 0.4) is 0 Å². The molecule has 3 rings (SSSR count). The minimum atomic E-state index is 0.643. The summed E-state index contributed by atoms with van der Waals surface area (Å²) in [5.41, 5.74) is 0.974. The number of hydrogen-bond donors (Lipinski definition) is 0. The Morgan fingerprint density at radius 2 is 1.58 bits per heavy atom. The van der Waals surface area contributed by atoms with Crippen LogP contribution in [0.15, 0.2) is 70.1 Å². The summed E-state index contributed by atoms with van der Waals surface area (Å²) >= 11 is 1.69. The lowest BCUT2D eigenvalue weighted by atomic mass is 10.2. The van der Waals surface area contributed by atoms with Crippen LogP contribution in [0.5, 0.6) is 0 Å². The maximum Gasteiger partial charge on any atom is 0.237 e. The van der Waals surface area contributed by atoms with Crippen molar-refractivity contribution in [2.45, 2.75) is 10.6 Å². The lowest BCUT2D eigenvalue weighted by Gasteiger charge is -1.96. The van der Waals surface area contributed by atoms with E-state index in [0.29, 0.717) is 17.5 Å². The van der Waals surface area contributed by atoms with Gasteiger partial charge >= 0.3 is 0 Å². The van der Waals surface area contributed by atoms with Crippen molar-refractivity contribution in [3.63, 3.8) is 0 Å². The van der Waals surface area contributed by atoms with Crippen LogP contribution >= 0.6 is 11.8 Å². The van der Waals surface area contributed by atoms with E-state index in [0.717, 1.165) is 5.56 Å². The van der Waals surface area contributed by atoms with Crippen molar-refractivity contribution < 1.29 is 4.52 Å². The Hall–Kier alpha value is -2.07. The second kappa shape index (κ2) is 5.71. The topological polar surface area (TPSA) is 38.9 Å². The Balaban J connectivity index is 1.69. The van der Waals surface area contributed by atoms with Gasteiger partial charge in [-0.15, -0.1) is 11.8 Å². The van der Waals surface area contributed by atoms with E-state index in [1.165, 1.54) is 4.90 Å². The van der Waals surface area contributed by atoms with Crippen molar-refractivity contribution in [2.75, 3.05) is 0 Å². The van der Waals surface area contributed by atoms with Gasteiger partial charge in [0.2, 0.25) is 11.7 Å². The number of benzene rings is 2. The van der Waals surface area contributed by atoms with E-state index < -0.39 is 0 Å². The third-order valence-corrected chi connectivity index (χ3v) is 3.60. The van der Waals surface area contributed by atoms with Crippen molar-refractivity contribution in [2.24, 2.45) is 0 Å². The first-order valence-corrected chi connectivity index (χ1v) is 6.96. The molecule has 0 amide bonds. The zero-order chi connectivity index (χ0) is 12.9. The van der Waals surface area contributed by atoms with Crippen LogP contribution in [0.2, 0.25) is 0 Å². The molecule has 0 saturated heterocycles. The fraction of sp³-hybridized carbons (Fsp3) is 0.0667. The zero-order valence-electron chi connectivity index (χ0n) is 10.2. The minimum Gasteiger partial charge on any atom is -0.338 e. The normalized spacial score (nSPS) is 10.5. The summed E-state index contributed by atoms with van der Waals surface area (Å²) in [4.78, 5) is 5.59. The van der Waals surface area contributed by atoms with E-state index in [4.69, 9.17) is 4.52 Å². The average Bonchev–Trinajstić information content (AvgIpc) is 2.96. The number of rotatable bonds is 4. The van der Waals surface area contributed by atoms with Gasteiger partial charge in [0.15, 0.2) is 0 Å². The van der Waals surface area contributed by atoms with E-state index in [1.54, 1.807) is 11.8 Å². The van der Waals surface area contributed by atoms with Crippen LogP contribution in [-0.4, -0.2) is 10.1 Å². The lowest BCUT2D eigenvalue weighted by molar-refractivity contribution is 0.391. The fourth-order valence-electron chi connectivity index (χ4n) is 1.68. The highest BCUT2D eigenvalue weighted by atomic mass is 32.2. The molecule has 0 fully saturated rings. The first-order valence-electron chi connectivity index (χ1n) is 5.98. The molecule has 0 atom stereocenters. The maximum atomic E-state index is 5.26. The summed E-state index contributed by atoms with van der Waals surface area (Å²) in [5.74, 6) is 1.97. The zero-order valence-corrected chi connectivity index (χ0v) is 11.0. The van der Waals surface area contributed by atoms with Crippen molar-refractivity contribution in [1.29, 1.82) is 0 Å². The Bertz CT molecular complexity index is 638. The van der Waals surface area contributed by atoms with Gasteiger partial charge in [-0.2, -0.15) is 4.98 Å². The first-order chi connectivity index (χ1) is 9.42. The molecule has 3 aromatic rings. The second-order valence-corrected chi connectivity index (χ2v) is 5.03. The third-order valence-electron chi connectivity index (χ3n) is 2.61. The van der Waals surface area contributed by atoms with Crippen LogP contribution in [0, 0.1) is 0 Å². The van der Waals surface area contributed by atoms with E-state index >= 15 is 0 Å². The molecule has 94 valence electrons. The Morgan fingerprint density at radius 1 is 0.895 bits per heavy atom. The molecule has 0 aliphatic carbocycles. The summed E-state index contributed by atoms with van der Waals surface area (Å²) in [5, 5.41) is 4.00. The van der Waals surface area contributed by atoms with Crippen LogP contribution in [0.4, 0.5) is 0 Å². The van der Waals surface area contributed by atoms with Gasteiger partial charge in [-0.1, -0.05) is 53.7 Å². The molecule has 0 unspecified atom stereocenters. The number of hydrogen-bond acceptors (Lipinski definition) is 4. The van der Waals surface area contributed by atoms with Gasteiger partial charge < -0.3 is 4.52 Å². The van der Waals surface area contributed by atoms with Crippen LogP contribution in [0.1, 0.15) is 5.89 Å². The van der Waals surface area contributed by atoms with Crippen molar-refractivity contribution in [3.8, 4) is 11.4 Å². The molecule has 4 heteroatoms. The highest BCUT2D eigenvalue weighted by molar-refractivity contribution is 7.98. The van der Waals surface area contributed by atoms with Gasteiger partial charge in [-0.05, 0) is 12.1 Å². The molecule has 1 heterocycles. The lowest BCUT2D eigenvalue weighted by Crippen LogP contribution is -1.82.